The number of hydrogen-bond acceptors (Lipinski definition) is 3. The number of carbonyl (C=O) groups is 1. The molecular formula is C12H15ClFNO2. The summed E-state index contributed by atoms with van der Waals surface area (Å²) >= 11 is 0. The molecule has 1 N–H and O–H groups in total. The minimum absolute atomic E-state index is 0. The van der Waals surface area contributed by atoms with Crippen LogP contribution < -0.4 is 5.32 Å². The van der Waals surface area contributed by atoms with Gasteiger partial charge in [-0.05, 0) is 37.6 Å². The Morgan fingerprint density at radius 3 is 2.88 bits per heavy atom. The molecule has 1 aliphatic heterocycles. The highest BCUT2D eigenvalue weighted by Crippen LogP contribution is 2.28. The molecule has 5 heteroatoms. The minimum Gasteiger partial charge on any atom is -0.465 e. The van der Waals surface area contributed by atoms with Crippen molar-refractivity contribution in [1.29, 1.82) is 0 Å². The zero-order valence-corrected chi connectivity index (χ0v) is 10.6. The van der Waals surface area contributed by atoms with Gasteiger partial charge in [-0.25, -0.2) is 9.18 Å². The smallest absolute Gasteiger partial charge is 0.338 e. The van der Waals surface area contributed by atoms with Crippen molar-refractivity contribution in [3.8, 4) is 0 Å². The van der Waals surface area contributed by atoms with Crippen molar-refractivity contribution in [2.45, 2.75) is 19.4 Å². The summed E-state index contributed by atoms with van der Waals surface area (Å²) in [7, 11) is 1.34. The molecule has 0 amide bonds. The fourth-order valence-electron chi connectivity index (χ4n) is 2.19. The van der Waals surface area contributed by atoms with E-state index in [1.54, 1.807) is 0 Å². The lowest BCUT2D eigenvalue weighted by Crippen LogP contribution is -2.30. The SMILES string of the molecule is COC(=O)c1ccc(F)c2c1CCNC2C.Cl. The number of fused-ring (bicyclic) bond motifs is 1. The summed E-state index contributed by atoms with van der Waals surface area (Å²) in [6.07, 6.45) is 0.655. The molecule has 0 spiro atoms. The largest absolute Gasteiger partial charge is 0.465 e. The lowest BCUT2D eigenvalue weighted by atomic mass is 9.90. The van der Waals surface area contributed by atoms with Crippen molar-refractivity contribution in [2.75, 3.05) is 13.7 Å². The third-order valence-corrected chi connectivity index (χ3v) is 2.97. The monoisotopic (exact) mass is 259 g/mol. The van der Waals surface area contributed by atoms with Crippen molar-refractivity contribution < 1.29 is 13.9 Å². The third-order valence-electron chi connectivity index (χ3n) is 2.97. The summed E-state index contributed by atoms with van der Waals surface area (Å²) in [5, 5.41) is 3.17. The van der Waals surface area contributed by atoms with E-state index in [2.05, 4.69) is 5.32 Å². The Morgan fingerprint density at radius 1 is 1.53 bits per heavy atom. The average Bonchev–Trinajstić information content (AvgIpc) is 2.28. The maximum absolute atomic E-state index is 13.7. The van der Waals surface area contributed by atoms with Crippen molar-refractivity contribution >= 4 is 18.4 Å². The van der Waals surface area contributed by atoms with E-state index in [0.717, 1.165) is 12.1 Å². The van der Waals surface area contributed by atoms with E-state index < -0.39 is 5.97 Å². The number of rotatable bonds is 1. The minimum atomic E-state index is -0.398. The number of carbonyl (C=O) groups excluding carboxylic acids is 1. The van der Waals surface area contributed by atoms with Crippen LogP contribution in [0.5, 0.6) is 0 Å². The van der Waals surface area contributed by atoms with E-state index in [1.165, 1.54) is 19.2 Å². The lowest BCUT2D eigenvalue weighted by molar-refractivity contribution is 0.0599. The van der Waals surface area contributed by atoms with Gasteiger partial charge in [-0.3, -0.25) is 0 Å². The zero-order valence-electron chi connectivity index (χ0n) is 9.75. The van der Waals surface area contributed by atoms with E-state index in [9.17, 15) is 9.18 Å². The second-order valence-corrected chi connectivity index (χ2v) is 3.90. The Morgan fingerprint density at radius 2 is 2.24 bits per heavy atom. The maximum Gasteiger partial charge on any atom is 0.338 e. The highest BCUT2D eigenvalue weighted by Gasteiger charge is 2.24. The summed E-state index contributed by atoms with van der Waals surface area (Å²) in [5.41, 5.74) is 1.85. The highest BCUT2D eigenvalue weighted by atomic mass is 35.5. The third kappa shape index (κ3) is 2.42. The molecular weight excluding hydrogens is 245 g/mol. The molecule has 0 aliphatic carbocycles. The number of hydrogen-bond donors (Lipinski definition) is 1. The van der Waals surface area contributed by atoms with Gasteiger partial charge in [0.15, 0.2) is 0 Å². The van der Waals surface area contributed by atoms with Gasteiger partial charge in [-0.2, -0.15) is 0 Å². The molecule has 1 aliphatic rings. The van der Waals surface area contributed by atoms with Crippen LogP contribution in [0, 0.1) is 5.82 Å². The van der Waals surface area contributed by atoms with Gasteiger partial charge in [0, 0.05) is 11.6 Å². The van der Waals surface area contributed by atoms with Gasteiger partial charge >= 0.3 is 5.97 Å². The highest BCUT2D eigenvalue weighted by molar-refractivity contribution is 5.91. The van der Waals surface area contributed by atoms with Crippen LogP contribution in [0.25, 0.3) is 0 Å². The molecule has 0 aromatic heterocycles. The predicted octanol–water partition coefficient (Wildman–Crippen LogP) is 2.24. The second kappa shape index (κ2) is 5.47. The van der Waals surface area contributed by atoms with Crippen LogP contribution in [0.3, 0.4) is 0 Å². The maximum atomic E-state index is 13.7. The molecule has 0 saturated heterocycles. The summed E-state index contributed by atoms with van der Waals surface area (Å²) in [4.78, 5) is 11.5. The molecule has 17 heavy (non-hydrogen) atoms. The van der Waals surface area contributed by atoms with Gasteiger partial charge in [0.2, 0.25) is 0 Å². The summed E-state index contributed by atoms with van der Waals surface area (Å²) in [5.74, 6) is -0.660. The molecule has 0 radical (unpaired) electrons. The van der Waals surface area contributed by atoms with E-state index in [1.807, 2.05) is 6.92 Å². The number of esters is 1. The van der Waals surface area contributed by atoms with E-state index in [4.69, 9.17) is 4.74 Å². The molecule has 1 heterocycles. The molecule has 3 nitrogen and oxygen atoms in total. The summed E-state index contributed by atoms with van der Waals surface area (Å²) in [6.45, 7) is 2.64. The van der Waals surface area contributed by atoms with E-state index in [0.29, 0.717) is 17.5 Å². The summed E-state index contributed by atoms with van der Waals surface area (Å²) in [6, 6.07) is 2.76. The first-order valence-corrected chi connectivity index (χ1v) is 5.28. The Hall–Kier alpha value is -1.13. The fraction of sp³-hybridized carbons (Fsp3) is 0.417. The van der Waals surface area contributed by atoms with Crippen LogP contribution in [-0.2, 0) is 11.2 Å². The predicted molar refractivity (Wildman–Crippen MR) is 65.1 cm³/mol. The Kier molecular flexibility index (Phi) is 4.48. The van der Waals surface area contributed by atoms with Gasteiger partial charge in [0.05, 0.1) is 12.7 Å². The first kappa shape index (κ1) is 13.9. The van der Waals surface area contributed by atoms with Crippen LogP contribution in [0.15, 0.2) is 12.1 Å². The number of benzene rings is 1. The molecule has 94 valence electrons. The van der Waals surface area contributed by atoms with Crippen molar-refractivity contribution in [3.63, 3.8) is 0 Å². The number of ether oxygens (including phenoxy) is 1. The average molecular weight is 260 g/mol. The quantitative estimate of drug-likeness (QED) is 0.786. The molecule has 0 saturated carbocycles. The Labute approximate surface area is 106 Å². The molecule has 1 aromatic rings. The topological polar surface area (TPSA) is 38.3 Å². The van der Waals surface area contributed by atoms with Gasteiger partial charge in [-0.1, -0.05) is 0 Å². The molecule has 0 bridgehead atoms. The van der Waals surface area contributed by atoms with Crippen molar-refractivity contribution in [3.05, 3.63) is 34.6 Å². The standard InChI is InChI=1S/C12H14FNO2.ClH/c1-7-11-8(5-6-14-7)9(12(15)16-2)3-4-10(11)13;/h3-4,7,14H,5-6H2,1-2H3;1H. The van der Waals surface area contributed by atoms with Crippen LogP contribution in [-0.4, -0.2) is 19.6 Å². The first-order valence-electron chi connectivity index (χ1n) is 5.28. The Bertz CT molecular complexity index is 437. The molecule has 1 atom stereocenters. The lowest BCUT2D eigenvalue weighted by Gasteiger charge is -2.25. The summed E-state index contributed by atoms with van der Waals surface area (Å²) < 4.78 is 18.4. The van der Waals surface area contributed by atoms with Gasteiger partial charge in [0.1, 0.15) is 5.82 Å². The van der Waals surface area contributed by atoms with Gasteiger partial charge in [-0.15, -0.1) is 12.4 Å². The van der Waals surface area contributed by atoms with Crippen LogP contribution in [0.1, 0.15) is 34.5 Å². The molecule has 2 rings (SSSR count). The molecule has 1 unspecified atom stereocenters. The van der Waals surface area contributed by atoms with Gasteiger partial charge in [0.25, 0.3) is 0 Å². The number of methoxy groups -OCH3 is 1. The second-order valence-electron chi connectivity index (χ2n) is 3.90. The van der Waals surface area contributed by atoms with Gasteiger partial charge < -0.3 is 10.1 Å². The Balaban J connectivity index is 0.00000144. The van der Waals surface area contributed by atoms with Crippen LogP contribution in [0.4, 0.5) is 4.39 Å². The van der Waals surface area contributed by atoms with Crippen molar-refractivity contribution in [2.24, 2.45) is 0 Å². The fourth-order valence-corrected chi connectivity index (χ4v) is 2.19. The van der Waals surface area contributed by atoms with Crippen molar-refractivity contribution in [1.82, 2.24) is 5.32 Å². The first-order chi connectivity index (χ1) is 7.65. The molecule has 1 aromatic carbocycles. The molecule has 0 fully saturated rings. The van der Waals surface area contributed by atoms with E-state index in [-0.39, 0.29) is 24.3 Å². The van der Waals surface area contributed by atoms with E-state index >= 15 is 0 Å². The number of nitrogens with one attached hydrogen (secondary N) is 1. The number of halogens is 2. The normalized spacial score (nSPS) is 17.9. The van der Waals surface area contributed by atoms with Crippen LogP contribution in [0.2, 0.25) is 0 Å². The van der Waals surface area contributed by atoms with Crippen LogP contribution >= 0.6 is 12.4 Å². The zero-order chi connectivity index (χ0) is 11.7.